The first-order valence-corrected chi connectivity index (χ1v) is 13.7. The smallest absolute Gasteiger partial charge is 0.308 e. The van der Waals surface area contributed by atoms with Crippen molar-refractivity contribution in [3.63, 3.8) is 0 Å². The third kappa shape index (κ3) is 5.66. The third-order valence-electron chi connectivity index (χ3n) is 7.05. The van der Waals surface area contributed by atoms with Crippen molar-refractivity contribution in [1.82, 2.24) is 25.5 Å². The molecule has 3 heterocycles. The molecule has 0 saturated heterocycles. The molecular weight excluding hydrogens is 514 g/mol. The number of H-pyrrole nitrogens is 1. The van der Waals surface area contributed by atoms with Gasteiger partial charge < -0.3 is 25.3 Å². The number of amides is 2. The summed E-state index contributed by atoms with van der Waals surface area (Å²) in [5.41, 5.74) is 2.19. The lowest BCUT2D eigenvalue weighted by molar-refractivity contribution is -0.149. The number of hydrogen-bond acceptors (Lipinski definition) is 7. The predicted octanol–water partition coefficient (Wildman–Crippen LogP) is 3.53. The van der Waals surface area contributed by atoms with Crippen LogP contribution in [0.25, 0.3) is 10.9 Å². The molecule has 1 aliphatic heterocycles. The maximum absolute atomic E-state index is 13.2. The van der Waals surface area contributed by atoms with Gasteiger partial charge in [-0.25, -0.2) is 4.98 Å². The van der Waals surface area contributed by atoms with Crippen LogP contribution < -0.4 is 10.6 Å². The van der Waals surface area contributed by atoms with Crippen molar-refractivity contribution in [3.05, 3.63) is 50.6 Å². The van der Waals surface area contributed by atoms with Crippen LogP contribution in [0.5, 0.6) is 0 Å². The van der Waals surface area contributed by atoms with E-state index in [2.05, 4.69) is 32.5 Å². The molecule has 2 amide bonds. The van der Waals surface area contributed by atoms with E-state index in [1.165, 1.54) is 11.3 Å². The molecule has 2 aliphatic rings. The fourth-order valence-corrected chi connectivity index (χ4v) is 6.37. The second kappa shape index (κ2) is 10.8. The number of benzene rings is 1. The van der Waals surface area contributed by atoms with Crippen LogP contribution in [-0.2, 0) is 22.5 Å². The second-order valence-corrected chi connectivity index (χ2v) is 11.2. The maximum Gasteiger partial charge on any atom is 0.308 e. The number of thiazole rings is 1. The Morgan fingerprint density at radius 1 is 1.19 bits per heavy atom. The number of halogens is 1. The average molecular weight is 544 g/mol. The summed E-state index contributed by atoms with van der Waals surface area (Å²) in [5.74, 6) is -1.17. The van der Waals surface area contributed by atoms with Crippen molar-refractivity contribution in [2.75, 3.05) is 20.2 Å². The number of nitrogens with one attached hydrogen (secondary N) is 3. The molecule has 1 aliphatic carbocycles. The van der Waals surface area contributed by atoms with Gasteiger partial charge in [-0.3, -0.25) is 14.4 Å². The summed E-state index contributed by atoms with van der Waals surface area (Å²) in [5, 5.41) is 7.98. The highest BCUT2D eigenvalue weighted by Gasteiger charge is 2.37. The minimum Gasteiger partial charge on any atom is -0.466 e. The fraction of sp³-hybridized carbons (Fsp3) is 0.462. The van der Waals surface area contributed by atoms with E-state index in [4.69, 9.17) is 16.3 Å². The standard InChI is InChI=1S/C26H30ClN5O4S/c1-3-36-26(35)14-4-6-18(29-23(33)21-12-15-10-16(27)5-7-17(15)28-21)20(11-14)30-24(34)25-31-19-8-9-32(2)13-22(19)37-25/h5,7,10,12,14,18,20,28H,3-4,6,8-9,11,13H2,1-2H3,(H,29,33)(H,30,34)/t14?,18-,20?/m1/s1. The molecule has 0 radical (unpaired) electrons. The zero-order chi connectivity index (χ0) is 26.1. The van der Waals surface area contributed by atoms with Crippen molar-refractivity contribution in [3.8, 4) is 0 Å². The zero-order valence-corrected chi connectivity index (χ0v) is 22.4. The Labute approximate surface area is 223 Å². The monoisotopic (exact) mass is 543 g/mol. The molecule has 2 unspecified atom stereocenters. The largest absolute Gasteiger partial charge is 0.466 e. The molecule has 5 rings (SSSR count). The zero-order valence-electron chi connectivity index (χ0n) is 20.8. The molecule has 196 valence electrons. The third-order valence-corrected chi connectivity index (χ3v) is 8.36. The highest BCUT2D eigenvalue weighted by atomic mass is 35.5. The van der Waals surface area contributed by atoms with Gasteiger partial charge in [0.15, 0.2) is 5.01 Å². The van der Waals surface area contributed by atoms with Crippen LogP contribution >= 0.6 is 22.9 Å². The number of aromatic amines is 1. The van der Waals surface area contributed by atoms with Crippen LogP contribution in [0.3, 0.4) is 0 Å². The number of esters is 1. The van der Waals surface area contributed by atoms with Crippen LogP contribution in [0, 0.1) is 5.92 Å². The Kier molecular flexibility index (Phi) is 7.50. The SMILES string of the molecule is CCOC(=O)C1CC[C@@H](NC(=O)c2cc3cc(Cl)ccc3[nH]2)C(NC(=O)c2nc3c(s2)CN(C)CC3)C1. The average Bonchev–Trinajstić information content (AvgIpc) is 3.49. The summed E-state index contributed by atoms with van der Waals surface area (Å²) in [4.78, 5) is 49.9. The van der Waals surface area contributed by atoms with Gasteiger partial charge in [0.1, 0.15) is 5.69 Å². The summed E-state index contributed by atoms with van der Waals surface area (Å²) in [6.07, 6.45) is 2.30. The van der Waals surface area contributed by atoms with E-state index >= 15 is 0 Å². The van der Waals surface area contributed by atoms with Crippen LogP contribution in [-0.4, -0.2) is 64.9 Å². The van der Waals surface area contributed by atoms with Crippen LogP contribution in [0.4, 0.5) is 0 Å². The van der Waals surface area contributed by atoms with E-state index in [0.717, 1.165) is 41.0 Å². The summed E-state index contributed by atoms with van der Waals surface area (Å²) in [7, 11) is 2.05. The Balaban J connectivity index is 1.33. The van der Waals surface area contributed by atoms with Gasteiger partial charge in [-0.15, -0.1) is 11.3 Å². The molecule has 3 aromatic rings. The summed E-state index contributed by atoms with van der Waals surface area (Å²) < 4.78 is 5.24. The quantitative estimate of drug-likeness (QED) is 0.410. The Hall–Kier alpha value is -2.95. The van der Waals surface area contributed by atoms with E-state index in [-0.39, 0.29) is 29.7 Å². The number of hydrogen-bond donors (Lipinski definition) is 3. The van der Waals surface area contributed by atoms with Gasteiger partial charge >= 0.3 is 5.97 Å². The van der Waals surface area contributed by atoms with Crippen molar-refractivity contribution < 1.29 is 19.1 Å². The molecule has 0 spiro atoms. The van der Waals surface area contributed by atoms with Gasteiger partial charge in [0, 0.05) is 46.4 Å². The van der Waals surface area contributed by atoms with E-state index in [0.29, 0.717) is 41.6 Å². The topological polar surface area (TPSA) is 116 Å². The molecular formula is C26H30ClN5O4S. The van der Waals surface area contributed by atoms with Gasteiger partial charge in [0.25, 0.3) is 11.8 Å². The molecule has 2 aromatic heterocycles. The van der Waals surface area contributed by atoms with E-state index < -0.39 is 6.04 Å². The number of likely N-dealkylation sites (N-methyl/N-ethyl adjacent to an activating group) is 1. The number of aromatic nitrogens is 2. The maximum atomic E-state index is 13.2. The number of nitrogens with zero attached hydrogens (tertiary/aromatic N) is 2. The summed E-state index contributed by atoms with van der Waals surface area (Å²) >= 11 is 7.49. The molecule has 1 fully saturated rings. The molecule has 0 bridgehead atoms. The number of carbonyl (C=O) groups excluding carboxylic acids is 3. The van der Waals surface area contributed by atoms with Gasteiger partial charge in [-0.2, -0.15) is 0 Å². The molecule has 1 saturated carbocycles. The van der Waals surface area contributed by atoms with Crippen molar-refractivity contribution in [2.24, 2.45) is 5.92 Å². The first-order chi connectivity index (χ1) is 17.8. The van der Waals surface area contributed by atoms with Gasteiger partial charge in [-0.1, -0.05) is 11.6 Å². The van der Waals surface area contributed by atoms with Crippen molar-refractivity contribution >= 4 is 51.6 Å². The highest BCUT2D eigenvalue weighted by Crippen LogP contribution is 2.29. The summed E-state index contributed by atoms with van der Waals surface area (Å²) in [6, 6.07) is 6.35. The molecule has 9 nitrogen and oxygen atoms in total. The Morgan fingerprint density at radius 3 is 2.81 bits per heavy atom. The lowest BCUT2D eigenvalue weighted by Crippen LogP contribution is -2.55. The van der Waals surface area contributed by atoms with Crippen molar-refractivity contribution in [2.45, 2.75) is 51.2 Å². The van der Waals surface area contributed by atoms with Gasteiger partial charge in [-0.05, 0) is 57.5 Å². The molecule has 11 heteroatoms. The predicted molar refractivity (Wildman–Crippen MR) is 142 cm³/mol. The number of rotatable bonds is 6. The van der Waals surface area contributed by atoms with Crippen LogP contribution in [0.15, 0.2) is 24.3 Å². The van der Waals surface area contributed by atoms with Crippen molar-refractivity contribution in [1.29, 1.82) is 0 Å². The van der Waals surface area contributed by atoms with Crippen LogP contribution in [0.2, 0.25) is 5.02 Å². The van der Waals surface area contributed by atoms with E-state index in [9.17, 15) is 14.4 Å². The van der Waals surface area contributed by atoms with Gasteiger partial charge in [0.05, 0.1) is 24.3 Å². The minimum absolute atomic E-state index is 0.272. The first-order valence-electron chi connectivity index (χ1n) is 12.5. The fourth-order valence-electron chi connectivity index (χ4n) is 5.10. The number of carbonyl (C=O) groups is 3. The Morgan fingerprint density at radius 2 is 2.00 bits per heavy atom. The highest BCUT2D eigenvalue weighted by molar-refractivity contribution is 7.13. The minimum atomic E-state index is -0.443. The lowest BCUT2D eigenvalue weighted by Gasteiger charge is -2.35. The number of ether oxygens (including phenoxy) is 1. The second-order valence-electron chi connectivity index (χ2n) is 9.71. The first kappa shape index (κ1) is 25.7. The number of fused-ring (bicyclic) bond motifs is 2. The van der Waals surface area contributed by atoms with Gasteiger partial charge in [0.2, 0.25) is 0 Å². The molecule has 3 N–H and O–H groups in total. The normalized spacial score (nSPS) is 21.9. The molecule has 3 atom stereocenters. The molecule has 37 heavy (non-hydrogen) atoms. The van der Waals surface area contributed by atoms with E-state index in [1.54, 1.807) is 25.1 Å². The van der Waals surface area contributed by atoms with E-state index in [1.807, 2.05) is 6.07 Å². The van der Waals surface area contributed by atoms with Crippen LogP contribution in [0.1, 0.15) is 57.0 Å². The lowest BCUT2D eigenvalue weighted by atomic mass is 9.82. The summed E-state index contributed by atoms with van der Waals surface area (Å²) in [6.45, 7) is 3.77. The molecule has 1 aromatic carbocycles. The Bertz CT molecular complexity index is 1340.